The molecule has 0 amide bonds. The Morgan fingerprint density at radius 3 is 2.37 bits per heavy atom. The van der Waals surface area contributed by atoms with E-state index < -0.39 is 5.97 Å². The minimum absolute atomic E-state index is 0.0685. The molecule has 0 aromatic carbocycles. The van der Waals surface area contributed by atoms with Gasteiger partial charge in [-0.25, -0.2) is 4.79 Å². The summed E-state index contributed by atoms with van der Waals surface area (Å²) in [6.07, 6.45) is 5.49. The van der Waals surface area contributed by atoms with Gasteiger partial charge in [0.15, 0.2) is 6.29 Å². The van der Waals surface area contributed by atoms with Gasteiger partial charge in [0.25, 0.3) is 0 Å². The number of hydrogen-bond donors (Lipinski definition) is 1. The van der Waals surface area contributed by atoms with Crippen molar-refractivity contribution in [1.82, 2.24) is 0 Å². The molecule has 1 aliphatic rings. The summed E-state index contributed by atoms with van der Waals surface area (Å²) in [5, 5.41) is 8.57. The van der Waals surface area contributed by atoms with E-state index in [1.807, 2.05) is 13.8 Å². The summed E-state index contributed by atoms with van der Waals surface area (Å²) in [6, 6.07) is 0. The van der Waals surface area contributed by atoms with Crippen molar-refractivity contribution in [2.75, 3.05) is 19.8 Å². The lowest BCUT2D eigenvalue weighted by atomic mass is 10.1. The van der Waals surface area contributed by atoms with Crippen LogP contribution >= 0.6 is 0 Å². The Balaban J connectivity index is 2.33. The normalized spacial score (nSPS) is 17.2. The largest absolute Gasteiger partial charge is 0.478 e. The molecule has 19 heavy (non-hydrogen) atoms. The van der Waals surface area contributed by atoms with Crippen molar-refractivity contribution >= 4 is 5.97 Å². The second-order valence-electron chi connectivity index (χ2n) is 4.53. The van der Waals surface area contributed by atoms with E-state index >= 15 is 0 Å². The van der Waals surface area contributed by atoms with Gasteiger partial charge in [0.05, 0.1) is 12.7 Å². The number of rotatable bonds is 11. The molecule has 0 bridgehead atoms. The first-order valence-corrected chi connectivity index (χ1v) is 6.91. The van der Waals surface area contributed by atoms with Gasteiger partial charge in [-0.15, -0.1) is 0 Å². The lowest BCUT2D eigenvalue weighted by Crippen LogP contribution is -2.27. The predicted octanol–water partition coefficient (Wildman–Crippen LogP) is 2.21. The van der Waals surface area contributed by atoms with Crippen LogP contribution in [0.2, 0.25) is 0 Å². The van der Waals surface area contributed by atoms with Crippen molar-refractivity contribution in [3.63, 3.8) is 0 Å². The van der Waals surface area contributed by atoms with Crippen LogP contribution in [0.25, 0.3) is 0 Å². The molecule has 0 aromatic rings. The molecule has 0 saturated heterocycles. The van der Waals surface area contributed by atoms with Gasteiger partial charge in [0.2, 0.25) is 0 Å². The first kappa shape index (κ1) is 16.1. The Kier molecular flexibility index (Phi) is 7.70. The van der Waals surface area contributed by atoms with E-state index in [0.717, 1.165) is 12.8 Å². The van der Waals surface area contributed by atoms with E-state index in [2.05, 4.69) is 0 Å². The highest BCUT2D eigenvalue weighted by atomic mass is 16.7. The zero-order valence-electron chi connectivity index (χ0n) is 11.7. The standard InChI is InChI=1S/C14H24O5/c1-3-17-14(18-4-2)10-19-12(11-8-9-11)6-5-7-13(15)16/h5,7,11-12,14H,3-4,6,8-10H2,1-2H3,(H,15,16)/b7-5+. The number of carbonyl (C=O) groups is 1. The number of hydrogen-bond acceptors (Lipinski definition) is 4. The number of carboxylic acid groups (broad SMARTS) is 1. The number of ether oxygens (including phenoxy) is 3. The molecule has 5 heteroatoms. The van der Waals surface area contributed by atoms with Crippen LogP contribution in [-0.2, 0) is 19.0 Å². The van der Waals surface area contributed by atoms with Crippen LogP contribution in [0.3, 0.4) is 0 Å². The van der Waals surface area contributed by atoms with Gasteiger partial charge < -0.3 is 19.3 Å². The average Bonchev–Trinajstić information content (AvgIpc) is 3.17. The molecular formula is C14H24O5. The number of aliphatic carboxylic acids is 1. The zero-order chi connectivity index (χ0) is 14.1. The Morgan fingerprint density at radius 2 is 1.89 bits per heavy atom. The Labute approximate surface area is 114 Å². The van der Waals surface area contributed by atoms with Crippen molar-refractivity contribution in [1.29, 1.82) is 0 Å². The highest BCUT2D eigenvalue weighted by Crippen LogP contribution is 2.36. The highest BCUT2D eigenvalue weighted by molar-refractivity contribution is 5.79. The maximum absolute atomic E-state index is 10.4. The van der Waals surface area contributed by atoms with Crippen molar-refractivity contribution in [2.45, 2.75) is 45.5 Å². The van der Waals surface area contributed by atoms with Gasteiger partial charge >= 0.3 is 5.97 Å². The van der Waals surface area contributed by atoms with Gasteiger partial charge in [-0.2, -0.15) is 0 Å². The van der Waals surface area contributed by atoms with Crippen LogP contribution < -0.4 is 0 Å². The first-order valence-electron chi connectivity index (χ1n) is 6.91. The Morgan fingerprint density at radius 1 is 1.26 bits per heavy atom. The van der Waals surface area contributed by atoms with Gasteiger partial charge in [-0.1, -0.05) is 6.08 Å². The highest BCUT2D eigenvalue weighted by Gasteiger charge is 2.31. The minimum atomic E-state index is -0.920. The van der Waals surface area contributed by atoms with E-state index in [9.17, 15) is 4.79 Å². The summed E-state index contributed by atoms with van der Waals surface area (Å²) in [5.74, 6) is -0.376. The van der Waals surface area contributed by atoms with E-state index in [0.29, 0.717) is 32.2 Å². The summed E-state index contributed by atoms with van der Waals surface area (Å²) in [6.45, 7) is 5.39. The maximum atomic E-state index is 10.4. The van der Waals surface area contributed by atoms with E-state index in [4.69, 9.17) is 19.3 Å². The van der Waals surface area contributed by atoms with Crippen molar-refractivity contribution in [3.8, 4) is 0 Å². The van der Waals surface area contributed by atoms with E-state index in [1.165, 1.54) is 6.08 Å². The zero-order valence-corrected chi connectivity index (χ0v) is 11.7. The van der Waals surface area contributed by atoms with Crippen LogP contribution in [0.4, 0.5) is 0 Å². The van der Waals surface area contributed by atoms with E-state index in [-0.39, 0.29) is 12.4 Å². The fourth-order valence-electron chi connectivity index (χ4n) is 1.89. The molecule has 0 aliphatic heterocycles. The third-order valence-corrected chi connectivity index (χ3v) is 2.93. The van der Waals surface area contributed by atoms with Crippen molar-refractivity contribution in [2.24, 2.45) is 5.92 Å². The van der Waals surface area contributed by atoms with E-state index in [1.54, 1.807) is 6.08 Å². The molecule has 1 unspecified atom stereocenters. The lowest BCUT2D eigenvalue weighted by Gasteiger charge is -2.21. The van der Waals surface area contributed by atoms with Crippen LogP contribution in [0, 0.1) is 5.92 Å². The van der Waals surface area contributed by atoms with Crippen molar-refractivity contribution < 1.29 is 24.1 Å². The molecule has 0 aromatic heterocycles. The molecular weight excluding hydrogens is 248 g/mol. The fraction of sp³-hybridized carbons (Fsp3) is 0.786. The quantitative estimate of drug-likeness (QED) is 0.461. The smallest absolute Gasteiger partial charge is 0.327 e. The molecule has 1 fully saturated rings. The maximum Gasteiger partial charge on any atom is 0.327 e. The average molecular weight is 272 g/mol. The van der Waals surface area contributed by atoms with Crippen LogP contribution in [0.15, 0.2) is 12.2 Å². The molecule has 5 nitrogen and oxygen atoms in total. The molecule has 1 aliphatic carbocycles. The summed E-state index contributed by atoms with van der Waals surface area (Å²) >= 11 is 0. The second-order valence-corrected chi connectivity index (χ2v) is 4.53. The number of carboxylic acids is 1. The second kappa shape index (κ2) is 9.07. The van der Waals surface area contributed by atoms with Gasteiger partial charge in [0.1, 0.15) is 0 Å². The predicted molar refractivity (Wildman–Crippen MR) is 70.9 cm³/mol. The lowest BCUT2D eigenvalue weighted by molar-refractivity contribution is -0.177. The molecule has 1 rings (SSSR count). The molecule has 0 heterocycles. The molecule has 0 radical (unpaired) electrons. The third-order valence-electron chi connectivity index (χ3n) is 2.93. The third kappa shape index (κ3) is 7.30. The molecule has 0 spiro atoms. The minimum Gasteiger partial charge on any atom is -0.478 e. The van der Waals surface area contributed by atoms with Gasteiger partial charge in [-0.05, 0) is 39.0 Å². The molecule has 1 atom stereocenters. The molecule has 1 N–H and O–H groups in total. The van der Waals surface area contributed by atoms with Crippen LogP contribution in [0.5, 0.6) is 0 Å². The van der Waals surface area contributed by atoms with Crippen LogP contribution in [0.1, 0.15) is 33.1 Å². The van der Waals surface area contributed by atoms with Crippen LogP contribution in [-0.4, -0.2) is 43.3 Å². The summed E-state index contributed by atoms with van der Waals surface area (Å²) in [7, 11) is 0. The summed E-state index contributed by atoms with van der Waals surface area (Å²) in [4.78, 5) is 10.4. The van der Waals surface area contributed by atoms with Gasteiger partial charge in [0, 0.05) is 19.3 Å². The fourth-order valence-corrected chi connectivity index (χ4v) is 1.89. The molecule has 1 saturated carbocycles. The monoisotopic (exact) mass is 272 g/mol. The summed E-state index contributed by atoms with van der Waals surface area (Å²) in [5.41, 5.74) is 0. The topological polar surface area (TPSA) is 65.0 Å². The molecule has 110 valence electrons. The summed E-state index contributed by atoms with van der Waals surface area (Å²) < 4.78 is 16.7. The SMILES string of the molecule is CCOC(COC(C/C=C/C(=O)O)C1CC1)OCC. The first-order chi connectivity index (χ1) is 9.17. The Hall–Kier alpha value is -0.910. The Bertz CT molecular complexity index is 280. The van der Waals surface area contributed by atoms with Gasteiger partial charge in [-0.3, -0.25) is 0 Å². The van der Waals surface area contributed by atoms with Crippen molar-refractivity contribution in [3.05, 3.63) is 12.2 Å².